The number of hydrogen-bond donors (Lipinski definition) is 0. The van der Waals surface area contributed by atoms with Crippen LogP contribution in [0.3, 0.4) is 0 Å². The first-order valence-electron chi connectivity index (χ1n) is 6.59. The Morgan fingerprint density at radius 3 is 2.61 bits per heavy atom. The van der Waals surface area contributed by atoms with E-state index in [0.29, 0.717) is 24.0 Å². The number of aryl methyl sites for hydroxylation is 1. The Labute approximate surface area is 108 Å². The molecular formula is C14H19N3O. The van der Waals surface area contributed by atoms with Crippen molar-refractivity contribution < 1.29 is 4.74 Å². The second-order valence-corrected chi connectivity index (χ2v) is 5.02. The predicted molar refractivity (Wildman–Crippen MR) is 68.3 cm³/mol. The van der Waals surface area contributed by atoms with E-state index in [1.54, 1.807) is 0 Å². The van der Waals surface area contributed by atoms with Crippen molar-refractivity contribution in [3.05, 3.63) is 16.8 Å². The van der Waals surface area contributed by atoms with Crippen LogP contribution >= 0.6 is 0 Å². The van der Waals surface area contributed by atoms with Crippen LogP contribution in [0.25, 0.3) is 0 Å². The number of hydrogen-bond acceptors (Lipinski definition) is 4. The van der Waals surface area contributed by atoms with Crippen LogP contribution < -0.4 is 4.74 Å². The van der Waals surface area contributed by atoms with Gasteiger partial charge in [0.1, 0.15) is 11.6 Å². The smallest absolute Gasteiger partial charge is 0.251 e. The molecule has 0 aromatic carbocycles. The van der Waals surface area contributed by atoms with Gasteiger partial charge in [-0.2, -0.15) is 10.4 Å². The van der Waals surface area contributed by atoms with Gasteiger partial charge in [-0.15, -0.1) is 5.10 Å². The maximum Gasteiger partial charge on any atom is 0.251 e. The summed E-state index contributed by atoms with van der Waals surface area (Å²) in [7, 11) is 0. The molecule has 2 rings (SSSR count). The number of nitrogens with zero attached hydrogens (tertiary/aromatic N) is 3. The van der Waals surface area contributed by atoms with Gasteiger partial charge in [0.05, 0.1) is 12.3 Å². The van der Waals surface area contributed by atoms with Crippen LogP contribution in [-0.4, -0.2) is 16.8 Å². The van der Waals surface area contributed by atoms with Crippen molar-refractivity contribution in [2.75, 3.05) is 6.61 Å². The standard InChI is InChI=1S/C14H19N3O/c1-10-11(2)16-17-14(13(10)8-15)18-9-12-6-4-3-5-7-12/h12H,3-7,9H2,1-2H3. The minimum absolute atomic E-state index is 0.395. The van der Waals surface area contributed by atoms with Gasteiger partial charge < -0.3 is 4.74 Å². The van der Waals surface area contributed by atoms with Crippen molar-refractivity contribution in [1.29, 1.82) is 5.26 Å². The molecule has 1 aliphatic carbocycles. The predicted octanol–water partition coefficient (Wildman–Crippen LogP) is 2.92. The molecule has 18 heavy (non-hydrogen) atoms. The first-order chi connectivity index (χ1) is 8.72. The van der Waals surface area contributed by atoms with Gasteiger partial charge in [0.2, 0.25) is 0 Å². The molecule has 4 nitrogen and oxygen atoms in total. The Hall–Kier alpha value is -1.63. The lowest BCUT2D eigenvalue weighted by Crippen LogP contribution is -2.16. The molecular weight excluding hydrogens is 226 g/mol. The fourth-order valence-electron chi connectivity index (χ4n) is 2.37. The van der Waals surface area contributed by atoms with E-state index in [9.17, 15) is 0 Å². The molecule has 0 atom stereocenters. The van der Waals surface area contributed by atoms with E-state index in [0.717, 1.165) is 11.3 Å². The summed E-state index contributed by atoms with van der Waals surface area (Å²) in [5.41, 5.74) is 2.18. The molecule has 0 aliphatic heterocycles. The van der Waals surface area contributed by atoms with Crippen LogP contribution in [0.1, 0.15) is 48.9 Å². The molecule has 1 aromatic rings. The highest BCUT2D eigenvalue weighted by Gasteiger charge is 2.17. The molecule has 0 N–H and O–H groups in total. The number of rotatable bonds is 3. The summed E-state index contributed by atoms with van der Waals surface area (Å²) in [5, 5.41) is 17.2. The van der Waals surface area contributed by atoms with E-state index in [-0.39, 0.29) is 0 Å². The molecule has 1 aromatic heterocycles. The van der Waals surface area contributed by atoms with Crippen molar-refractivity contribution in [3.8, 4) is 11.9 Å². The van der Waals surface area contributed by atoms with Crippen molar-refractivity contribution in [1.82, 2.24) is 10.2 Å². The summed E-state index contributed by atoms with van der Waals surface area (Å²) < 4.78 is 5.71. The minimum atomic E-state index is 0.395. The average molecular weight is 245 g/mol. The first kappa shape index (κ1) is 12.8. The largest absolute Gasteiger partial charge is 0.475 e. The number of ether oxygens (including phenoxy) is 1. The van der Waals surface area contributed by atoms with Crippen molar-refractivity contribution >= 4 is 0 Å². The van der Waals surface area contributed by atoms with E-state index < -0.39 is 0 Å². The van der Waals surface area contributed by atoms with Crippen LogP contribution in [-0.2, 0) is 0 Å². The molecule has 0 saturated heterocycles. The van der Waals surface area contributed by atoms with Crippen LogP contribution in [0.4, 0.5) is 0 Å². The van der Waals surface area contributed by atoms with Gasteiger partial charge in [-0.1, -0.05) is 19.3 Å². The van der Waals surface area contributed by atoms with E-state index in [4.69, 9.17) is 10.00 Å². The molecule has 0 bridgehead atoms. The Morgan fingerprint density at radius 1 is 1.22 bits per heavy atom. The molecule has 4 heteroatoms. The summed E-state index contributed by atoms with van der Waals surface area (Å²) in [5.74, 6) is 1.000. The van der Waals surface area contributed by atoms with Crippen LogP contribution in [0.5, 0.6) is 5.88 Å². The van der Waals surface area contributed by atoms with Crippen molar-refractivity contribution in [3.63, 3.8) is 0 Å². The summed E-state index contributed by atoms with van der Waals surface area (Å²) in [6.45, 7) is 4.40. The summed E-state index contributed by atoms with van der Waals surface area (Å²) in [6.07, 6.45) is 6.36. The Bertz CT molecular complexity index is 459. The second kappa shape index (κ2) is 5.81. The quantitative estimate of drug-likeness (QED) is 0.821. The maximum absolute atomic E-state index is 9.16. The lowest BCUT2D eigenvalue weighted by molar-refractivity contribution is 0.200. The first-order valence-corrected chi connectivity index (χ1v) is 6.59. The number of nitriles is 1. The lowest BCUT2D eigenvalue weighted by atomic mass is 9.90. The van der Waals surface area contributed by atoms with E-state index in [2.05, 4.69) is 16.3 Å². The van der Waals surface area contributed by atoms with Gasteiger partial charge in [-0.3, -0.25) is 0 Å². The third-order valence-corrected chi connectivity index (χ3v) is 3.71. The van der Waals surface area contributed by atoms with Gasteiger partial charge >= 0.3 is 0 Å². The van der Waals surface area contributed by atoms with Crippen LogP contribution in [0.2, 0.25) is 0 Å². The fraction of sp³-hybridized carbons (Fsp3) is 0.643. The molecule has 1 fully saturated rings. The van der Waals surface area contributed by atoms with Gasteiger partial charge in [0, 0.05) is 0 Å². The molecule has 0 radical (unpaired) electrons. The maximum atomic E-state index is 9.16. The second-order valence-electron chi connectivity index (χ2n) is 5.02. The van der Waals surface area contributed by atoms with Crippen molar-refractivity contribution in [2.45, 2.75) is 46.0 Å². The normalized spacial score (nSPS) is 16.3. The van der Waals surface area contributed by atoms with Crippen LogP contribution in [0, 0.1) is 31.1 Å². The molecule has 1 aliphatic rings. The van der Waals surface area contributed by atoms with Crippen LogP contribution in [0.15, 0.2) is 0 Å². The minimum Gasteiger partial charge on any atom is -0.475 e. The highest BCUT2D eigenvalue weighted by Crippen LogP contribution is 2.25. The monoisotopic (exact) mass is 245 g/mol. The zero-order valence-corrected chi connectivity index (χ0v) is 11.1. The Morgan fingerprint density at radius 2 is 1.94 bits per heavy atom. The van der Waals surface area contributed by atoms with Gasteiger partial charge in [0.15, 0.2) is 0 Å². The number of aromatic nitrogens is 2. The Kier molecular flexibility index (Phi) is 4.14. The van der Waals surface area contributed by atoms with E-state index >= 15 is 0 Å². The molecule has 96 valence electrons. The third kappa shape index (κ3) is 2.79. The van der Waals surface area contributed by atoms with E-state index in [1.165, 1.54) is 32.1 Å². The van der Waals surface area contributed by atoms with Gasteiger partial charge in [-0.25, -0.2) is 0 Å². The molecule has 1 saturated carbocycles. The molecule has 0 amide bonds. The molecule has 1 heterocycles. The zero-order valence-electron chi connectivity index (χ0n) is 11.1. The zero-order chi connectivity index (χ0) is 13.0. The van der Waals surface area contributed by atoms with Crippen molar-refractivity contribution in [2.24, 2.45) is 5.92 Å². The Balaban J connectivity index is 2.05. The highest BCUT2D eigenvalue weighted by atomic mass is 16.5. The fourth-order valence-corrected chi connectivity index (χ4v) is 2.37. The van der Waals surface area contributed by atoms with Gasteiger partial charge in [-0.05, 0) is 38.2 Å². The molecule has 0 spiro atoms. The van der Waals surface area contributed by atoms with E-state index in [1.807, 2.05) is 13.8 Å². The summed E-state index contributed by atoms with van der Waals surface area (Å²) in [4.78, 5) is 0. The lowest BCUT2D eigenvalue weighted by Gasteiger charge is -2.21. The molecule has 0 unspecified atom stereocenters. The topological polar surface area (TPSA) is 58.8 Å². The summed E-state index contributed by atoms with van der Waals surface area (Å²) >= 11 is 0. The van der Waals surface area contributed by atoms with Gasteiger partial charge in [0.25, 0.3) is 5.88 Å². The SMILES string of the molecule is Cc1nnc(OCC2CCCCC2)c(C#N)c1C. The third-order valence-electron chi connectivity index (χ3n) is 3.71. The highest BCUT2D eigenvalue weighted by molar-refractivity contribution is 5.44. The average Bonchev–Trinajstić information content (AvgIpc) is 2.41. The summed E-state index contributed by atoms with van der Waals surface area (Å²) in [6, 6.07) is 2.16.